The maximum absolute atomic E-state index is 12.6. The van der Waals surface area contributed by atoms with E-state index in [2.05, 4.69) is 21.7 Å². The summed E-state index contributed by atoms with van der Waals surface area (Å²) in [5.74, 6) is 0.306. The average molecular weight is 444 g/mol. The summed E-state index contributed by atoms with van der Waals surface area (Å²) in [6.45, 7) is 9.94. The number of nitrogens with zero attached hydrogens (tertiary/aromatic N) is 1. The molecule has 4 rings (SSSR count). The Hall–Kier alpha value is -3.51. The van der Waals surface area contributed by atoms with E-state index in [0.29, 0.717) is 11.5 Å². The van der Waals surface area contributed by atoms with Crippen LogP contribution in [0.3, 0.4) is 0 Å². The van der Waals surface area contributed by atoms with Crippen molar-refractivity contribution in [2.24, 2.45) is 0 Å². The summed E-state index contributed by atoms with van der Waals surface area (Å²) >= 11 is 5.40. The lowest BCUT2D eigenvalue weighted by Crippen LogP contribution is -2.34. The molecule has 0 atom stereocenters. The van der Waals surface area contributed by atoms with Crippen LogP contribution < -0.4 is 10.6 Å². The number of hydrogen-bond donors (Lipinski definition) is 2. The highest BCUT2D eigenvalue weighted by Crippen LogP contribution is 2.30. The van der Waals surface area contributed by atoms with E-state index < -0.39 is 0 Å². The number of nitrogens with one attached hydrogen (secondary N) is 2. The number of carbonyl (C=O) groups excluding carboxylic acids is 1. The molecule has 2 N–H and O–H groups in total. The van der Waals surface area contributed by atoms with E-state index in [1.807, 2.05) is 77.1 Å². The standard InChI is InChI=1S/C26H25N3O2S/c1-14-6-9-20(17(4)10-14)24(30)29-26(32)28-21-13-19(8-7-16(21)3)25-27-22-12-15(2)11-18(5)23(22)31-25/h6-13H,1-5H3,(H2,28,29,30,32). The van der Waals surface area contributed by atoms with Crippen molar-refractivity contribution in [3.05, 3.63) is 81.9 Å². The highest BCUT2D eigenvalue weighted by atomic mass is 32.1. The third-order valence-electron chi connectivity index (χ3n) is 5.41. The Balaban J connectivity index is 1.56. The SMILES string of the molecule is Cc1ccc(C(=O)NC(=S)Nc2cc(-c3nc4cc(C)cc(C)c4o3)ccc2C)c(C)c1. The quantitative estimate of drug-likeness (QED) is 0.371. The predicted octanol–water partition coefficient (Wildman–Crippen LogP) is 6.16. The van der Waals surface area contributed by atoms with Crippen molar-refractivity contribution in [3.63, 3.8) is 0 Å². The number of aromatic nitrogens is 1. The van der Waals surface area contributed by atoms with Gasteiger partial charge in [0, 0.05) is 16.8 Å². The molecule has 0 aliphatic rings. The highest BCUT2D eigenvalue weighted by molar-refractivity contribution is 7.80. The third-order valence-corrected chi connectivity index (χ3v) is 5.61. The molecule has 1 heterocycles. The topological polar surface area (TPSA) is 67.2 Å². The van der Waals surface area contributed by atoms with Gasteiger partial charge in [-0.25, -0.2) is 4.98 Å². The summed E-state index contributed by atoms with van der Waals surface area (Å²) in [6, 6.07) is 15.7. The van der Waals surface area contributed by atoms with Crippen molar-refractivity contribution in [3.8, 4) is 11.5 Å². The van der Waals surface area contributed by atoms with Gasteiger partial charge in [-0.05, 0) is 93.4 Å². The molecule has 0 unspecified atom stereocenters. The molecule has 3 aromatic carbocycles. The normalized spacial score (nSPS) is 10.9. The van der Waals surface area contributed by atoms with Gasteiger partial charge < -0.3 is 9.73 Å². The second kappa shape index (κ2) is 8.55. The van der Waals surface area contributed by atoms with Gasteiger partial charge in [-0.2, -0.15) is 0 Å². The summed E-state index contributed by atoms with van der Waals surface area (Å²) in [7, 11) is 0. The van der Waals surface area contributed by atoms with Crippen molar-refractivity contribution >= 4 is 40.0 Å². The molecule has 162 valence electrons. The lowest BCUT2D eigenvalue weighted by atomic mass is 10.1. The van der Waals surface area contributed by atoms with Crippen LogP contribution in [-0.2, 0) is 0 Å². The molecule has 0 aliphatic heterocycles. The van der Waals surface area contributed by atoms with Crippen LogP contribution >= 0.6 is 12.2 Å². The maximum Gasteiger partial charge on any atom is 0.257 e. The summed E-state index contributed by atoms with van der Waals surface area (Å²) in [4.78, 5) is 17.3. The summed E-state index contributed by atoms with van der Waals surface area (Å²) in [5, 5.41) is 6.14. The van der Waals surface area contributed by atoms with Crippen LogP contribution in [-0.4, -0.2) is 16.0 Å². The van der Waals surface area contributed by atoms with Gasteiger partial charge in [0.25, 0.3) is 5.91 Å². The van der Waals surface area contributed by atoms with Crippen LogP contribution in [0.5, 0.6) is 0 Å². The molecule has 1 aromatic heterocycles. The first-order valence-corrected chi connectivity index (χ1v) is 10.8. The Bertz CT molecular complexity index is 1370. The summed E-state index contributed by atoms with van der Waals surface area (Å²) in [5.41, 5.74) is 9.04. The molecule has 0 saturated carbocycles. The molecule has 32 heavy (non-hydrogen) atoms. The van der Waals surface area contributed by atoms with Crippen LogP contribution in [0, 0.1) is 34.6 Å². The van der Waals surface area contributed by atoms with E-state index in [4.69, 9.17) is 16.6 Å². The lowest BCUT2D eigenvalue weighted by Gasteiger charge is -2.13. The van der Waals surface area contributed by atoms with Crippen LogP contribution in [0.1, 0.15) is 38.2 Å². The number of hydrogen-bond acceptors (Lipinski definition) is 4. The Kier molecular flexibility index (Phi) is 5.80. The Morgan fingerprint density at radius 3 is 2.38 bits per heavy atom. The van der Waals surface area contributed by atoms with E-state index in [9.17, 15) is 4.79 Å². The number of fused-ring (bicyclic) bond motifs is 1. The second-order valence-electron chi connectivity index (χ2n) is 8.21. The zero-order valence-electron chi connectivity index (χ0n) is 18.8. The van der Waals surface area contributed by atoms with Crippen LogP contribution in [0.2, 0.25) is 0 Å². The third kappa shape index (κ3) is 4.41. The number of benzene rings is 3. The number of carbonyl (C=O) groups is 1. The van der Waals surface area contributed by atoms with Crippen molar-refractivity contribution in [1.82, 2.24) is 10.3 Å². The monoisotopic (exact) mass is 443 g/mol. The zero-order chi connectivity index (χ0) is 23.0. The van der Waals surface area contributed by atoms with Gasteiger partial charge in [0.05, 0.1) is 0 Å². The molecule has 0 aliphatic carbocycles. The number of anilines is 1. The van der Waals surface area contributed by atoms with Crippen LogP contribution in [0.25, 0.3) is 22.6 Å². The maximum atomic E-state index is 12.6. The lowest BCUT2D eigenvalue weighted by molar-refractivity contribution is 0.0977. The molecular weight excluding hydrogens is 418 g/mol. The smallest absolute Gasteiger partial charge is 0.257 e. The number of oxazole rings is 1. The zero-order valence-corrected chi connectivity index (χ0v) is 19.6. The summed E-state index contributed by atoms with van der Waals surface area (Å²) in [6.07, 6.45) is 0. The number of rotatable bonds is 3. The molecule has 0 radical (unpaired) electrons. The van der Waals surface area contributed by atoms with E-state index in [1.54, 1.807) is 0 Å². The first kappa shape index (κ1) is 21.7. The molecule has 0 saturated heterocycles. The number of amides is 1. The van der Waals surface area contributed by atoms with Gasteiger partial charge >= 0.3 is 0 Å². The number of aryl methyl sites for hydroxylation is 5. The number of thiocarbonyl (C=S) groups is 1. The molecule has 0 spiro atoms. The summed E-state index contributed by atoms with van der Waals surface area (Å²) < 4.78 is 6.04. The van der Waals surface area contributed by atoms with Crippen molar-refractivity contribution < 1.29 is 9.21 Å². The Morgan fingerprint density at radius 1 is 0.875 bits per heavy atom. The largest absolute Gasteiger partial charge is 0.436 e. The molecule has 1 amide bonds. The first-order valence-electron chi connectivity index (χ1n) is 10.4. The van der Waals surface area contributed by atoms with Gasteiger partial charge in [0.15, 0.2) is 10.7 Å². The van der Waals surface area contributed by atoms with E-state index in [-0.39, 0.29) is 11.0 Å². The molecule has 0 fully saturated rings. The molecule has 5 nitrogen and oxygen atoms in total. The van der Waals surface area contributed by atoms with Gasteiger partial charge in [-0.15, -0.1) is 0 Å². The van der Waals surface area contributed by atoms with E-state index in [1.165, 1.54) is 0 Å². The van der Waals surface area contributed by atoms with Crippen LogP contribution in [0.15, 0.2) is 52.9 Å². The fraction of sp³-hybridized carbons (Fsp3) is 0.192. The van der Waals surface area contributed by atoms with Crippen LogP contribution in [0.4, 0.5) is 5.69 Å². The molecular formula is C26H25N3O2S. The Morgan fingerprint density at radius 2 is 1.62 bits per heavy atom. The van der Waals surface area contributed by atoms with E-state index in [0.717, 1.165) is 50.2 Å². The fourth-order valence-corrected chi connectivity index (χ4v) is 3.98. The van der Waals surface area contributed by atoms with E-state index >= 15 is 0 Å². The molecule has 0 bridgehead atoms. The Labute approximate surface area is 192 Å². The van der Waals surface area contributed by atoms with Crippen molar-refractivity contribution in [2.75, 3.05) is 5.32 Å². The average Bonchev–Trinajstić information content (AvgIpc) is 3.13. The fourth-order valence-electron chi connectivity index (χ4n) is 3.78. The minimum absolute atomic E-state index is 0.235. The van der Waals surface area contributed by atoms with Crippen molar-refractivity contribution in [2.45, 2.75) is 34.6 Å². The minimum atomic E-state index is -0.237. The predicted molar refractivity (Wildman–Crippen MR) is 133 cm³/mol. The van der Waals surface area contributed by atoms with Gasteiger partial charge in [0.2, 0.25) is 5.89 Å². The molecule has 6 heteroatoms. The second-order valence-corrected chi connectivity index (χ2v) is 8.61. The molecule has 4 aromatic rings. The van der Waals surface area contributed by atoms with Gasteiger partial charge in [-0.3, -0.25) is 10.1 Å². The van der Waals surface area contributed by atoms with Gasteiger partial charge in [-0.1, -0.05) is 29.8 Å². The highest BCUT2D eigenvalue weighted by Gasteiger charge is 2.14. The minimum Gasteiger partial charge on any atom is -0.436 e. The van der Waals surface area contributed by atoms with Gasteiger partial charge in [0.1, 0.15) is 5.52 Å². The van der Waals surface area contributed by atoms with Crippen molar-refractivity contribution in [1.29, 1.82) is 0 Å². The first-order chi connectivity index (χ1) is 15.2.